The third-order valence-corrected chi connectivity index (χ3v) is 4.01. The topological polar surface area (TPSA) is 34.1 Å². The second-order valence-corrected chi connectivity index (χ2v) is 6.76. The molecule has 2 heterocycles. The molecule has 2 rings (SSSR count). The molecule has 1 atom stereocenters. The summed E-state index contributed by atoms with van der Waals surface area (Å²) in [7, 11) is 0. The minimum Gasteiger partial charge on any atom is -0.489 e. The Labute approximate surface area is 116 Å². The smallest absolute Gasteiger partial charge is 0.138 e. The van der Waals surface area contributed by atoms with Gasteiger partial charge in [0.15, 0.2) is 0 Å². The number of nitrogens with one attached hydrogen (secondary N) is 1. The van der Waals surface area contributed by atoms with E-state index in [0.717, 1.165) is 18.7 Å². The maximum absolute atomic E-state index is 5.78. The van der Waals surface area contributed by atoms with Crippen molar-refractivity contribution < 1.29 is 4.74 Å². The Balaban J connectivity index is 2.38. The van der Waals surface area contributed by atoms with E-state index in [1.807, 2.05) is 20.0 Å². The molecule has 1 saturated heterocycles. The predicted molar refractivity (Wildman–Crippen MR) is 78.4 cm³/mol. The first-order valence-electron chi connectivity index (χ1n) is 7.22. The number of hydrogen-bond donors (Lipinski definition) is 1. The molecule has 3 heteroatoms. The van der Waals surface area contributed by atoms with Crippen LogP contribution in [0.25, 0.3) is 0 Å². The van der Waals surface area contributed by atoms with Crippen LogP contribution in [-0.4, -0.2) is 17.6 Å². The van der Waals surface area contributed by atoms with Gasteiger partial charge in [-0.2, -0.15) is 0 Å². The molecule has 3 nitrogen and oxygen atoms in total. The van der Waals surface area contributed by atoms with Gasteiger partial charge in [0, 0.05) is 6.20 Å². The Morgan fingerprint density at radius 3 is 2.58 bits per heavy atom. The molecule has 1 aromatic heterocycles. The van der Waals surface area contributed by atoms with Crippen LogP contribution in [-0.2, 0) is 5.54 Å². The lowest BCUT2D eigenvalue weighted by atomic mass is 9.69. The fourth-order valence-corrected chi connectivity index (χ4v) is 3.05. The Morgan fingerprint density at radius 1 is 1.32 bits per heavy atom. The average Bonchev–Trinajstić information content (AvgIpc) is 2.77. The average molecular weight is 262 g/mol. The molecular formula is C16H26N2O. The largest absolute Gasteiger partial charge is 0.489 e. The number of rotatable bonds is 3. The molecule has 0 amide bonds. The molecule has 106 valence electrons. The quantitative estimate of drug-likeness (QED) is 0.905. The summed E-state index contributed by atoms with van der Waals surface area (Å²) in [4.78, 5) is 4.38. The van der Waals surface area contributed by atoms with Crippen LogP contribution in [0.4, 0.5) is 0 Å². The van der Waals surface area contributed by atoms with E-state index in [-0.39, 0.29) is 17.1 Å². The van der Waals surface area contributed by atoms with Gasteiger partial charge in [-0.1, -0.05) is 20.8 Å². The van der Waals surface area contributed by atoms with E-state index in [9.17, 15) is 0 Å². The SMILES string of the molecule is CC(C)Oc1cncc(C2(C(C)(C)C)CCCN2)c1. The van der Waals surface area contributed by atoms with Crippen LogP contribution in [0, 0.1) is 5.41 Å². The van der Waals surface area contributed by atoms with Gasteiger partial charge in [0.2, 0.25) is 0 Å². The van der Waals surface area contributed by atoms with Crippen LogP contribution >= 0.6 is 0 Å². The molecule has 0 bridgehead atoms. The Hall–Kier alpha value is -1.09. The summed E-state index contributed by atoms with van der Waals surface area (Å²) in [6.45, 7) is 12.0. The lowest BCUT2D eigenvalue weighted by molar-refractivity contribution is 0.159. The molecule has 1 N–H and O–H groups in total. The standard InChI is InChI=1S/C16H26N2O/c1-12(2)19-14-9-13(10-17-11-14)16(15(3,4)5)7-6-8-18-16/h9-12,18H,6-8H2,1-5H3. The lowest BCUT2D eigenvalue weighted by Gasteiger charge is -2.42. The van der Waals surface area contributed by atoms with Gasteiger partial charge in [-0.15, -0.1) is 0 Å². The van der Waals surface area contributed by atoms with Crippen molar-refractivity contribution in [1.82, 2.24) is 10.3 Å². The summed E-state index contributed by atoms with van der Waals surface area (Å²) in [5, 5.41) is 3.71. The monoisotopic (exact) mass is 262 g/mol. The summed E-state index contributed by atoms with van der Waals surface area (Å²) in [6.07, 6.45) is 6.33. The zero-order valence-corrected chi connectivity index (χ0v) is 12.8. The van der Waals surface area contributed by atoms with E-state index in [2.05, 4.69) is 37.1 Å². The highest BCUT2D eigenvalue weighted by Gasteiger charge is 2.45. The van der Waals surface area contributed by atoms with E-state index < -0.39 is 0 Å². The number of pyridine rings is 1. The third-order valence-electron chi connectivity index (χ3n) is 4.01. The first-order valence-corrected chi connectivity index (χ1v) is 7.22. The number of hydrogen-bond acceptors (Lipinski definition) is 3. The fourth-order valence-electron chi connectivity index (χ4n) is 3.05. The van der Waals surface area contributed by atoms with Gasteiger partial charge >= 0.3 is 0 Å². The van der Waals surface area contributed by atoms with E-state index in [0.29, 0.717) is 0 Å². The maximum atomic E-state index is 5.78. The zero-order chi connectivity index (χ0) is 14.1. The maximum Gasteiger partial charge on any atom is 0.138 e. The molecule has 1 fully saturated rings. The second-order valence-electron chi connectivity index (χ2n) is 6.76. The predicted octanol–water partition coefficient (Wildman–Crippen LogP) is 3.49. The minimum absolute atomic E-state index is 0.0103. The van der Waals surface area contributed by atoms with Gasteiger partial charge in [-0.3, -0.25) is 4.98 Å². The van der Waals surface area contributed by atoms with Crippen molar-refractivity contribution in [1.29, 1.82) is 0 Å². The van der Waals surface area contributed by atoms with E-state index in [1.165, 1.54) is 12.0 Å². The molecule has 0 aromatic carbocycles. The van der Waals surface area contributed by atoms with Gasteiger partial charge in [0.25, 0.3) is 0 Å². The lowest BCUT2D eigenvalue weighted by Crippen LogP contribution is -2.48. The van der Waals surface area contributed by atoms with Gasteiger partial charge in [-0.25, -0.2) is 0 Å². The highest BCUT2D eigenvalue weighted by molar-refractivity contribution is 5.32. The van der Waals surface area contributed by atoms with Crippen LogP contribution < -0.4 is 10.1 Å². The van der Waals surface area contributed by atoms with E-state index in [1.54, 1.807) is 6.20 Å². The van der Waals surface area contributed by atoms with Crippen LogP contribution in [0.1, 0.15) is 53.0 Å². The van der Waals surface area contributed by atoms with Crippen molar-refractivity contribution in [2.45, 2.75) is 59.1 Å². The summed E-state index contributed by atoms with van der Waals surface area (Å²) in [5.74, 6) is 0.866. The highest BCUT2D eigenvalue weighted by atomic mass is 16.5. The van der Waals surface area contributed by atoms with E-state index in [4.69, 9.17) is 4.74 Å². The fraction of sp³-hybridized carbons (Fsp3) is 0.688. The molecule has 1 aliphatic rings. The second kappa shape index (κ2) is 5.12. The molecule has 0 radical (unpaired) electrons. The summed E-state index contributed by atoms with van der Waals surface area (Å²) < 4.78 is 5.78. The Kier molecular flexibility index (Phi) is 3.86. The Bertz CT molecular complexity index is 429. The molecule has 0 saturated carbocycles. The Morgan fingerprint density at radius 2 is 2.05 bits per heavy atom. The first kappa shape index (κ1) is 14.3. The van der Waals surface area contributed by atoms with Crippen molar-refractivity contribution in [3.8, 4) is 5.75 Å². The van der Waals surface area contributed by atoms with Gasteiger partial charge < -0.3 is 10.1 Å². The number of nitrogens with zero attached hydrogens (tertiary/aromatic N) is 1. The summed E-state index contributed by atoms with van der Waals surface area (Å²) in [6, 6.07) is 2.15. The molecule has 0 spiro atoms. The number of ether oxygens (including phenoxy) is 1. The molecule has 19 heavy (non-hydrogen) atoms. The summed E-state index contributed by atoms with van der Waals surface area (Å²) in [5.41, 5.74) is 1.41. The highest BCUT2D eigenvalue weighted by Crippen LogP contribution is 2.45. The van der Waals surface area contributed by atoms with Gasteiger partial charge in [0.05, 0.1) is 17.8 Å². The molecule has 1 aliphatic heterocycles. The third kappa shape index (κ3) is 2.76. The molecule has 1 unspecified atom stereocenters. The molecule has 0 aliphatic carbocycles. The van der Waals surface area contributed by atoms with Gasteiger partial charge in [0.1, 0.15) is 5.75 Å². The first-order chi connectivity index (χ1) is 8.85. The van der Waals surface area contributed by atoms with E-state index >= 15 is 0 Å². The van der Waals surface area contributed by atoms with Crippen molar-refractivity contribution in [2.24, 2.45) is 5.41 Å². The van der Waals surface area contributed by atoms with Gasteiger partial charge in [-0.05, 0) is 50.3 Å². The van der Waals surface area contributed by atoms with Crippen LogP contribution in [0.2, 0.25) is 0 Å². The minimum atomic E-state index is 0.0103. The van der Waals surface area contributed by atoms with Crippen molar-refractivity contribution in [3.05, 3.63) is 24.0 Å². The van der Waals surface area contributed by atoms with Crippen molar-refractivity contribution in [3.63, 3.8) is 0 Å². The molecular weight excluding hydrogens is 236 g/mol. The number of aromatic nitrogens is 1. The molecule has 1 aromatic rings. The normalized spacial score (nSPS) is 23.9. The van der Waals surface area contributed by atoms with Crippen LogP contribution in [0.5, 0.6) is 5.75 Å². The van der Waals surface area contributed by atoms with Crippen LogP contribution in [0.3, 0.4) is 0 Å². The summed E-state index contributed by atoms with van der Waals surface area (Å²) >= 11 is 0. The zero-order valence-electron chi connectivity index (χ0n) is 12.8. The van der Waals surface area contributed by atoms with Crippen molar-refractivity contribution in [2.75, 3.05) is 6.54 Å². The van der Waals surface area contributed by atoms with Crippen LogP contribution in [0.15, 0.2) is 18.5 Å². The van der Waals surface area contributed by atoms with Crippen molar-refractivity contribution >= 4 is 0 Å².